The van der Waals surface area contributed by atoms with Gasteiger partial charge in [-0.05, 0) is 30.3 Å². The number of rotatable bonds is 4. The first-order valence-corrected chi connectivity index (χ1v) is 5.83. The maximum atomic E-state index is 4.98. The summed E-state index contributed by atoms with van der Waals surface area (Å²) in [6, 6.07) is 0. The summed E-state index contributed by atoms with van der Waals surface area (Å²) in [5, 5.41) is 0. The lowest BCUT2D eigenvalue weighted by molar-refractivity contribution is 0.949. The van der Waals surface area contributed by atoms with Crippen molar-refractivity contribution in [2.45, 2.75) is 20.8 Å². The van der Waals surface area contributed by atoms with Crippen molar-refractivity contribution < 1.29 is 0 Å². The van der Waals surface area contributed by atoms with Crippen LogP contribution in [0.15, 0.2) is 25.3 Å². The highest BCUT2D eigenvalue weighted by molar-refractivity contribution is 7.71. The molecule has 1 atom stereocenters. The van der Waals surface area contributed by atoms with Crippen molar-refractivity contribution in [3.63, 3.8) is 0 Å². The number of allylic oxidation sites excluding steroid dienone is 2. The lowest BCUT2D eigenvalue weighted by Gasteiger charge is -1.95. The summed E-state index contributed by atoms with van der Waals surface area (Å²) in [6.07, 6.45) is 7.65. The van der Waals surface area contributed by atoms with Crippen molar-refractivity contribution in [1.82, 2.24) is 9.97 Å². The van der Waals surface area contributed by atoms with E-state index >= 15 is 0 Å². The molecular weight excluding hydrogens is 216 g/mol. The fourth-order valence-corrected chi connectivity index (χ4v) is 1.25. The first kappa shape index (κ1) is 14.6. The van der Waals surface area contributed by atoms with Crippen LogP contribution in [0.4, 0.5) is 0 Å². The maximum Gasteiger partial charge on any atom is 0.175 e. The van der Waals surface area contributed by atoms with Crippen LogP contribution in [0.25, 0.3) is 12.2 Å². The number of hydrogen-bond acceptors (Lipinski definition) is 1. The summed E-state index contributed by atoms with van der Waals surface area (Å²) < 4.78 is 0.616. The van der Waals surface area contributed by atoms with E-state index in [9.17, 15) is 0 Å². The molecule has 1 aromatic heterocycles. The van der Waals surface area contributed by atoms with Gasteiger partial charge in [-0.25, -0.2) is 0 Å². The molecule has 0 aliphatic rings. The van der Waals surface area contributed by atoms with Gasteiger partial charge in [-0.2, -0.15) is 0 Å². The van der Waals surface area contributed by atoms with Crippen LogP contribution in [-0.4, -0.2) is 9.97 Å². The Morgan fingerprint density at radius 2 is 1.75 bits per heavy atom. The Balaban J connectivity index is 0.00000106. The second-order valence-corrected chi connectivity index (χ2v) is 3.47. The van der Waals surface area contributed by atoms with Gasteiger partial charge in [0.2, 0.25) is 0 Å². The van der Waals surface area contributed by atoms with Crippen molar-refractivity contribution in [2.24, 2.45) is 5.92 Å². The summed E-state index contributed by atoms with van der Waals surface area (Å²) >= 11 is 4.98. The van der Waals surface area contributed by atoms with E-state index in [1.807, 2.05) is 26.0 Å². The van der Waals surface area contributed by atoms with Gasteiger partial charge in [0.15, 0.2) is 4.77 Å². The van der Waals surface area contributed by atoms with Gasteiger partial charge < -0.3 is 9.97 Å². The Labute approximate surface area is 103 Å². The number of aromatic amines is 2. The Bertz CT molecular complexity index is 410. The topological polar surface area (TPSA) is 31.6 Å². The number of aromatic nitrogens is 2. The van der Waals surface area contributed by atoms with Crippen LogP contribution in [0.3, 0.4) is 0 Å². The van der Waals surface area contributed by atoms with Crippen LogP contribution < -0.4 is 0 Å². The van der Waals surface area contributed by atoms with E-state index in [1.54, 1.807) is 6.08 Å². The molecule has 0 aliphatic carbocycles. The van der Waals surface area contributed by atoms with Crippen LogP contribution in [0, 0.1) is 10.7 Å². The fourth-order valence-electron chi connectivity index (χ4n) is 1.03. The normalized spacial score (nSPS) is 11.7. The molecule has 88 valence electrons. The van der Waals surface area contributed by atoms with Crippen LogP contribution >= 0.6 is 12.2 Å². The standard InChI is InChI=1S/C11H14N2S.C2H6/c1-4-8(3)6-7-10-9(5-2)12-11(14)13-10;1-2/h4-8H,1-2H2,3H3,(H2,12,13,14);1-2H3/b7-6-;. The number of nitrogens with one attached hydrogen (secondary N) is 2. The minimum absolute atomic E-state index is 0.351. The molecule has 1 aromatic rings. The molecule has 0 bridgehead atoms. The van der Waals surface area contributed by atoms with Crippen molar-refractivity contribution in [3.8, 4) is 0 Å². The average molecular weight is 236 g/mol. The Kier molecular flexibility index (Phi) is 7.21. The average Bonchev–Trinajstić information content (AvgIpc) is 2.69. The van der Waals surface area contributed by atoms with Crippen LogP contribution in [0.5, 0.6) is 0 Å². The van der Waals surface area contributed by atoms with Gasteiger partial charge in [0.05, 0.1) is 11.4 Å². The van der Waals surface area contributed by atoms with Gasteiger partial charge in [-0.15, -0.1) is 6.58 Å². The lowest BCUT2D eigenvalue weighted by Crippen LogP contribution is -1.82. The monoisotopic (exact) mass is 236 g/mol. The van der Waals surface area contributed by atoms with E-state index in [0.29, 0.717) is 10.7 Å². The third kappa shape index (κ3) is 4.45. The second kappa shape index (κ2) is 7.88. The third-order valence-electron chi connectivity index (χ3n) is 1.93. The minimum Gasteiger partial charge on any atom is -0.331 e. The highest BCUT2D eigenvalue weighted by Crippen LogP contribution is 2.09. The Hall–Kier alpha value is -1.35. The molecule has 1 unspecified atom stereocenters. The molecule has 1 heterocycles. The predicted molar refractivity (Wildman–Crippen MR) is 75.8 cm³/mol. The zero-order chi connectivity index (χ0) is 12.6. The van der Waals surface area contributed by atoms with Crippen LogP contribution in [-0.2, 0) is 0 Å². The SMILES string of the molecule is C=Cc1[nH]c(=S)[nH]c1/C=C\C(C)C=C.CC. The van der Waals surface area contributed by atoms with E-state index in [2.05, 4.69) is 36.1 Å². The van der Waals surface area contributed by atoms with E-state index < -0.39 is 0 Å². The molecule has 0 aromatic carbocycles. The molecule has 1 rings (SSSR count). The van der Waals surface area contributed by atoms with E-state index in [-0.39, 0.29) is 0 Å². The highest BCUT2D eigenvalue weighted by atomic mass is 32.1. The third-order valence-corrected chi connectivity index (χ3v) is 2.13. The zero-order valence-corrected chi connectivity index (χ0v) is 11.0. The smallest absolute Gasteiger partial charge is 0.175 e. The minimum atomic E-state index is 0.351. The first-order chi connectivity index (χ1) is 7.67. The highest BCUT2D eigenvalue weighted by Gasteiger charge is 1.97. The maximum absolute atomic E-state index is 4.98. The van der Waals surface area contributed by atoms with Gasteiger partial charge in [0.25, 0.3) is 0 Å². The van der Waals surface area contributed by atoms with E-state index in [0.717, 1.165) is 11.4 Å². The number of imidazole rings is 1. The van der Waals surface area contributed by atoms with Crippen molar-refractivity contribution >= 4 is 24.4 Å². The quantitative estimate of drug-likeness (QED) is 0.582. The fraction of sp³-hybridized carbons (Fsp3) is 0.308. The second-order valence-electron chi connectivity index (χ2n) is 3.06. The summed E-state index contributed by atoms with van der Waals surface area (Å²) in [4.78, 5) is 6.04. The van der Waals surface area contributed by atoms with E-state index in [1.165, 1.54) is 0 Å². The van der Waals surface area contributed by atoms with Crippen LogP contribution in [0.2, 0.25) is 0 Å². The molecule has 16 heavy (non-hydrogen) atoms. The molecule has 0 spiro atoms. The summed E-state index contributed by atoms with van der Waals surface area (Å²) in [5.41, 5.74) is 1.88. The molecule has 0 radical (unpaired) electrons. The molecule has 3 heteroatoms. The van der Waals surface area contributed by atoms with Gasteiger partial charge in [0, 0.05) is 0 Å². The summed E-state index contributed by atoms with van der Waals surface area (Å²) in [6.45, 7) is 13.5. The van der Waals surface area contributed by atoms with Gasteiger partial charge in [-0.1, -0.05) is 39.5 Å². The molecule has 0 amide bonds. The van der Waals surface area contributed by atoms with Crippen molar-refractivity contribution in [1.29, 1.82) is 0 Å². The zero-order valence-electron chi connectivity index (χ0n) is 10.2. The number of hydrogen-bond donors (Lipinski definition) is 2. The molecule has 0 saturated heterocycles. The van der Waals surface area contributed by atoms with Gasteiger partial charge in [-0.3, -0.25) is 0 Å². The van der Waals surface area contributed by atoms with Crippen LogP contribution in [0.1, 0.15) is 32.2 Å². The summed E-state index contributed by atoms with van der Waals surface area (Å²) in [5.74, 6) is 0.351. The Morgan fingerprint density at radius 1 is 1.19 bits per heavy atom. The molecular formula is C13H20N2S. The van der Waals surface area contributed by atoms with Gasteiger partial charge in [0.1, 0.15) is 0 Å². The Morgan fingerprint density at radius 3 is 2.25 bits per heavy atom. The van der Waals surface area contributed by atoms with E-state index in [4.69, 9.17) is 12.2 Å². The molecule has 2 nitrogen and oxygen atoms in total. The lowest BCUT2D eigenvalue weighted by atomic mass is 10.1. The molecule has 2 N–H and O–H groups in total. The molecule has 0 saturated carbocycles. The van der Waals surface area contributed by atoms with Crippen molar-refractivity contribution in [3.05, 3.63) is 41.5 Å². The molecule has 0 fully saturated rings. The largest absolute Gasteiger partial charge is 0.331 e. The number of H-pyrrole nitrogens is 2. The van der Waals surface area contributed by atoms with Crippen molar-refractivity contribution in [2.75, 3.05) is 0 Å². The van der Waals surface area contributed by atoms with Gasteiger partial charge >= 0.3 is 0 Å². The first-order valence-electron chi connectivity index (χ1n) is 5.43. The molecule has 0 aliphatic heterocycles. The predicted octanol–water partition coefficient (Wildman–Crippen LogP) is 4.58. The summed E-state index contributed by atoms with van der Waals surface area (Å²) in [7, 11) is 0.